The minimum Gasteiger partial charge on any atom is -0.486 e. The van der Waals surface area contributed by atoms with Crippen molar-refractivity contribution >= 4 is 5.96 Å². The van der Waals surface area contributed by atoms with Crippen LogP contribution in [-0.4, -0.2) is 68.5 Å². The molecular weight excluding hydrogens is 361 g/mol. The summed E-state index contributed by atoms with van der Waals surface area (Å²) in [5.41, 5.74) is 0. The SMILES string of the molecule is CCNC(=NCC1COc2ccccc2O1)NC1CCN(CC(F)(F)F)C1. The summed E-state index contributed by atoms with van der Waals surface area (Å²) in [6, 6.07) is 7.41. The van der Waals surface area contributed by atoms with Crippen molar-refractivity contribution in [2.45, 2.75) is 31.7 Å². The number of hydrogen-bond acceptors (Lipinski definition) is 4. The molecule has 0 aliphatic carbocycles. The first-order valence-electron chi connectivity index (χ1n) is 9.15. The summed E-state index contributed by atoms with van der Waals surface area (Å²) in [4.78, 5) is 5.93. The minimum absolute atomic E-state index is 0.0607. The molecule has 6 nitrogen and oxygen atoms in total. The van der Waals surface area contributed by atoms with E-state index in [1.807, 2.05) is 31.2 Å². The second-order valence-corrected chi connectivity index (χ2v) is 6.70. The number of rotatable bonds is 5. The highest BCUT2D eigenvalue weighted by molar-refractivity contribution is 5.80. The van der Waals surface area contributed by atoms with E-state index in [0.717, 1.165) is 5.75 Å². The van der Waals surface area contributed by atoms with Gasteiger partial charge in [-0.25, -0.2) is 4.99 Å². The first kappa shape index (κ1) is 19.6. The van der Waals surface area contributed by atoms with Gasteiger partial charge in [-0.2, -0.15) is 13.2 Å². The molecule has 27 heavy (non-hydrogen) atoms. The summed E-state index contributed by atoms with van der Waals surface area (Å²) in [7, 11) is 0. The Bertz CT molecular complexity index is 654. The van der Waals surface area contributed by atoms with Crippen LogP contribution >= 0.6 is 0 Å². The second-order valence-electron chi connectivity index (χ2n) is 6.70. The maximum Gasteiger partial charge on any atom is 0.401 e. The fourth-order valence-electron chi connectivity index (χ4n) is 3.21. The lowest BCUT2D eigenvalue weighted by atomic mass is 10.2. The molecule has 1 saturated heterocycles. The quantitative estimate of drug-likeness (QED) is 0.599. The summed E-state index contributed by atoms with van der Waals surface area (Å²) in [5, 5.41) is 6.36. The second kappa shape index (κ2) is 8.69. The van der Waals surface area contributed by atoms with Crippen molar-refractivity contribution in [2.24, 2.45) is 4.99 Å². The monoisotopic (exact) mass is 386 g/mol. The van der Waals surface area contributed by atoms with E-state index in [1.165, 1.54) is 4.90 Å². The molecule has 0 amide bonds. The highest BCUT2D eigenvalue weighted by atomic mass is 19.4. The van der Waals surface area contributed by atoms with Crippen molar-refractivity contribution in [2.75, 3.05) is 39.3 Å². The number of benzene rings is 1. The number of fused-ring (bicyclic) bond motifs is 1. The molecule has 2 N–H and O–H groups in total. The molecule has 0 saturated carbocycles. The van der Waals surface area contributed by atoms with E-state index >= 15 is 0 Å². The van der Waals surface area contributed by atoms with Gasteiger partial charge in [0.1, 0.15) is 6.61 Å². The number of halogens is 3. The normalized spacial score (nSPS) is 23.3. The Labute approximate surface area is 156 Å². The highest BCUT2D eigenvalue weighted by Gasteiger charge is 2.34. The van der Waals surface area contributed by atoms with Gasteiger partial charge in [0.2, 0.25) is 0 Å². The van der Waals surface area contributed by atoms with Gasteiger partial charge in [-0.05, 0) is 25.5 Å². The summed E-state index contributed by atoms with van der Waals surface area (Å²) in [5.74, 6) is 2.00. The number of ether oxygens (including phenoxy) is 2. The molecule has 1 aromatic carbocycles. The number of para-hydroxylation sites is 2. The zero-order valence-corrected chi connectivity index (χ0v) is 15.3. The van der Waals surface area contributed by atoms with E-state index < -0.39 is 12.7 Å². The molecule has 0 radical (unpaired) electrons. The Balaban J connectivity index is 1.52. The maximum absolute atomic E-state index is 12.5. The van der Waals surface area contributed by atoms with Crippen LogP contribution in [-0.2, 0) is 0 Å². The maximum atomic E-state index is 12.5. The number of hydrogen-bond donors (Lipinski definition) is 2. The zero-order valence-electron chi connectivity index (χ0n) is 15.3. The van der Waals surface area contributed by atoms with Gasteiger partial charge in [0.15, 0.2) is 23.6 Å². The third-order valence-corrected chi connectivity index (χ3v) is 4.38. The van der Waals surface area contributed by atoms with Gasteiger partial charge < -0.3 is 20.1 Å². The highest BCUT2D eigenvalue weighted by Crippen LogP contribution is 2.30. The fourth-order valence-corrected chi connectivity index (χ4v) is 3.21. The van der Waals surface area contributed by atoms with Gasteiger partial charge in [0.05, 0.1) is 13.1 Å². The van der Waals surface area contributed by atoms with E-state index in [-0.39, 0.29) is 12.1 Å². The minimum atomic E-state index is -4.16. The molecule has 0 spiro atoms. The van der Waals surface area contributed by atoms with Crippen LogP contribution in [0.3, 0.4) is 0 Å². The lowest BCUT2D eigenvalue weighted by Crippen LogP contribution is -2.46. The van der Waals surface area contributed by atoms with Crippen LogP contribution in [0.4, 0.5) is 13.2 Å². The largest absolute Gasteiger partial charge is 0.486 e. The Kier molecular flexibility index (Phi) is 6.30. The number of nitrogens with one attached hydrogen (secondary N) is 2. The van der Waals surface area contributed by atoms with Gasteiger partial charge >= 0.3 is 6.18 Å². The number of likely N-dealkylation sites (tertiary alicyclic amines) is 1. The third-order valence-electron chi connectivity index (χ3n) is 4.38. The number of guanidine groups is 1. The Morgan fingerprint density at radius 3 is 2.81 bits per heavy atom. The fraction of sp³-hybridized carbons (Fsp3) is 0.611. The van der Waals surface area contributed by atoms with Crippen molar-refractivity contribution in [3.8, 4) is 11.5 Å². The molecule has 1 aromatic rings. The first-order chi connectivity index (χ1) is 12.9. The number of aliphatic imine (C=N–C) groups is 1. The molecule has 2 heterocycles. The zero-order chi connectivity index (χ0) is 19.3. The van der Waals surface area contributed by atoms with Crippen LogP contribution in [0.2, 0.25) is 0 Å². The van der Waals surface area contributed by atoms with Gasteiger partial charge in [0, 0.05) is 25.7 Å². The molecule has 2 aliphatic rings. The van der Waals surface area contributed by atoms with Crippen LogP contribution in [0, 0.1) is 0 Å². The summed E-state index contributed by atoms with van der Waals surface area (Å²) in [6.07, 6.45) is -3.72. The van der Waals surface area contributed by atoms with E-state index in [9.17, 15) is 13.2 Å². The topological polar surface area (TPSA) is 58.1 Å². The van der Waals surface area contributed by atoms with E-state index in [1.54, 1.807) is 0 Å². The summed E-state index contributed by atoms with van der Waals surface area (Å²) < 4.78 is 49.1. The van der Waals surface area contributed by atoms with Crippen molar-refractivity contribution < 1.29 is 22.6 Å². The molecule has 1 fully saturated rings. The predicted octanol–water partition coefficient (Wildman–Crippen LogP) is 2.02. The molecular formula is C18H25F3N4O2. The van der Waals surface area contributed by atoms with Crippen LogP contribution < -0.4 is 20.1 Å². The molecule has 2 atom stereocenters. The summed E-state index contributed by atoms with van der Waals surface area (Å²) in [6.45, 7) is 3.30. The van der Waals surface area contributed by atoms with Crippen LogP contribution in [0.5, 0.6) is 11.5 Å². The lowest BCUT2D eigenvalue weighted by Gasteiger charge is -2.26. The number of alkyl halides is 3. The average molecular weight is 386 g/mol. The molecule has 0 aromatic heterocycles. The van der Waals surface area contributed by atoms with Crippen molar-refractivity contribution in [1.82, 2.24) is 15.5 Å². The smallest absolute Gasteiger partial charge is 0.401 e. The van der Waals surface area contributed by atoms with E-state index in [2.05, 4.69) is 15.6 Å². The molecule has 9 heteroatoms. The Hall–Kier alpha value is -2.16. The van der Waals surface area contributed by atoms with Crippen molar-refractivity contribution in [3.63, 3.8) is 0 Å². The molecule has 2 aliphatic heterocycles. The van der Waals surface area contributed by atoms with E-state index in [4.69, 9.17) is 9.47 Å². The van der Waals surface area contributed by atoms with Crippen LogP contribution in [0.15, 0.2) is 29.3 Å². The van der Waals surface area contributed by atoms with Gasteiger partial charge in [-0.15, -0.1) is 0 Å². The molecule has 150 valence electrons. The van der Waals surface area contributed by atoms with Gasteiger partial charge in [-0.3, -0.25) is 4.90 Å². The van der Waals surface area contributed by atoms with Gasteiger partial charge in [0.25, 0.3) is 0 Å². The van der Waals surface area contributed by atoms with Crippen LogP contribution in [0.1, 0.15) is 13.3 Å². The Morgan fingerprint density at radius 1 is 1.30 bits per heavy atom. The molecule has 2 unspecified atom stereocenters. The Morgan fingerprint density at radius 2 is 2.07 bits per heavy atom. The average Bonchev–Trinajstić information content (AvgIpc) is 3.04. The summed E-state index contributed by atoms with van der Waals surface area (Å²) >= 11 is 0. The first-order valence-corrected chi connectivity index (χ1v) is 9.15. The lowest BCUT2D eigenvalue weighted by molar-refractivity contribution is -0.143. The van der Waals surface area contributed by atoms with Crippen molar-refractivity contribution in [1.29, 1.82) is 0 Å². The molecule has 0 bridgehead atoms. The number of nitrogens with zero attached hydrogens (tertiary/aromatic N) is 2. The van der Waals surface area contributed by atoms with Crippen molar-refractivity contribution in [3.05, 3.63) is 24.3 Å². The molecule has 3 rings (SSSR count). The van der Waals surface area contributed by atoms with Crippen LogP contribution in [0.25, 0.3) is 0 Å². The predicted molar refractivity (Wildman–Crippen MR) is 96.4 cm³/mol. The standard InChI is InChI=1S/C18H25F3N4O2/c1-2-22-17(24-13-7-8-25(10-13)12-18(19,20)21)23-9-14-11-26-15-5-3-4-6-16(15)27-14/h3-6,13-14H,2,7-12H2,1H3,(H2,22,23,24). The third kappa shape index (κ3) is 5.92. The van der Waals surface area contributed by atoms with Gasteiger partial charge in [-0.1, -0.05) is 12.1 Å². The van der Waals surface area contributed by atoms with E-state index in [0.29, 0.717) is 50.9 Å².